The number of hydrogen-bond donors (Lipinski definition) is 3. The fourth-order valence-corrected chi connectivity index (χ4v) is 0.845. The van der Waals surface area contributed by atoms with E-state index >= 15 is 0 Å². The van der Waals surface area contributed by atoms with Gasteiger partial charge in [-0.25, -0.2) is 0 Å². The summed E-state index contributed by atoms with van der Waals surface area (Å²) < 4.78 is 0. The Balaban J connectivity index is 2.62. The minimum atomic E-state index is -0.608. The first-order chi connectivity index (χ1) is 7.13. The molecule has 4 N–H and O–H groups in total. The number of nitrogens with two attached hydrogens (primary N) is 1. The van der Waals surface area contributed by atoms with Crippen LogP contribution < -0.4 is 16.4 Å². The molecule has 0 saturated heterocycles. The van der Waals surface area contributed by atoms with E-state index in [0.29, 0.717) is 5.82 Å². The van der Waals surface area contributed by atoms with Crippen LogP contribution in [0.15, 0.2) is 12.1 Å². The molecular formula is C8H11N5O2. The monoisotopic (exact) mass is 209 g/mol. The van der Waals surface area contributed by atoms with Gasteiger partial charge in [-0.2, -0.15) is 0 Å². The molecule has 0 aliphatic rings. The largest absolute Gasteiger partial charge is 0.372 e. The van der Waals surface area contributed by atoms with E-state index in [1.807, 2.05) is 0 Å². The molecular weight excluding hydrogens is 198 g/mol. The molecule has 1 rings (SSSR count). The third-order valence-electron chi connectivity index (χ3n) is 1.58. The highest BCUT2D eigenvalue weighted by Gasteiger charge is 2.07. The summed E-state index contributed by atoms with van der Waals surface area (Å²) in [5, 5.41) is 12.4. The highest BCUT2D eigenvalue weighted by molar-refractivity contribution is 5.94. The molecule has 0 aliphatic heterocycles. The zero-order chi connectivity index (χ0) is 11.3. The lowest BCUT2D eigenvalue weighted by Gasteiger charge is -2.02. The highest BCUT2D eigenvalue weighted by Crippen LogP contribution is 1.99. The lowest BCUT2D eigenvalue weighted by molar-refractivity contribution is -0.117. The van der Waals surface area contributed by atoms with Crippen molar-refractivity contribution < 1.29 is 9.59 Å². The molecule has 1 aromatic rings. The summed E-state index contributed by atoms with van der Waals surface area (Å²) in [7, 11) is 1.69. The minimum Gasteiger partial charge on any atom is -0.372 e. The van der Waals surface area contributed by atoms with Crippen molar-refractivity contribution in [3.8, 4) is 0 Å². The molecule has 0 aromatic carbocycles. The van der Waals surface area contributed by atoms with E-state index in [4.69, 9.17) is 5.73 Å². The molecule has 0 spiro atoms. The van der Waals surface area contributed by atoms with Crippen LogP contribution in [0.4, 0.5) is 5.82 Å². The van der Waals surface area contributed by atoms with E-state index < -0.39 is 11.8 Å². The van der Waals surface area contributed by atoms with E-state index in [1.165, 1.54) is 6.07 Å². The van der Waals surface area contributed by atoms with E-state index in [1.54, 1.807) is 13.1 Å². The second-order valence-electron chi connectivity index (χ2n) is 2.70. The maximum atomic E-state index is 11.3. The van der Waals surface area contributed by atoms with Crippen LogP contribution in [0.25, 0.3) is 0 Å². The number of carbonyl (C=O) groups is 2. The predicted molar refractivity (Wildman–Crippen MR) is 53.1 cm³/mol. The topological polar surface area (TPSA) is 110 Å². The fraction of sp³-hybridized carbons (Fsp3) is 0.250. The summed E-state index contributed by atoms with van der Waals surface area (Å²) in [6.07, 6.45) is 0. The first-order valence-electron chi connectivity index (χ1n) is 4.21. The minimum absolute atomic E-state index is 0.134. The van der Waals surface area contributed by atoms with Crippen molar-refractivity contribution in [2.24, 2.45) is 5.73 Å². The molecule has 15 heavy (non-hydrogen) atoms. The Labute approximate surface area is 86.1 Å². The number of anilines is 1. The predicted octanol–water partition coefficient (Wildman–Crippen LogP) is -1.27. The van der Waals surface area contributed by atoms with Gasteiger partial charge in [0.1, 0.15) is 5.82 Å². The van der Waals surface area contributed by atoms with Crippen molar-refractivity contribution >= 4 is 17.6 Å². The van der Waals surface area contributed by atoms with Crippen molar-refractivity contribution in [1.82, 2.24) is 15.5 Å². The van der Waals surface area contributed by atoms with Crippen molar-refractivity contribution in [3.63, 3.8) is 0 Å². The van der Waals surface area contributed by atoms with Crippen LogP contribution in [-0.2, 0) is 4.79 Å². The van der Waals surface area contributed by atoms with Crippen LogP contribution in [0, 0.1) is 0 Å². The van der Waals surface area contributed by atoms with Crippen LogP contribution in [0.5, 0.6) is 0 Å². The lowest BCUT2D eigenvalue weighted by Crippen LogP contribution is -2.33. The Morgan fingerprint density at radius 2 is 2.13 bits per heavy atom. The summed E-state index contributed by atoms with van der Waals surface area (Å²) in [4.78, 5) is 21.7. The molecule has 0 aliphatic carbocycles. The van der Waals surface area contributed by atoms with Crippen molar-refractivity contribution in [2.75, 3.05) is 18.9 Å². The lowest BCUT2D eigenvalue weighted by atomic mass is 10.3. The Morgan fingerprint density at radius 1 is 1.40 bits per heavy atom. The van der Waals surface area contributed by atoms with Gasteiger partial charge in [0.2, 0.25) is 5.91 Å². The smallest absolute Gasteiger partial charge is 0.272 e. The first-order valence-corrected chi connectivity index (χ1v) is 4.21. The van der Waals surface area contributed by atoms with Gasteiger partial charge in [-0.05, 0) is 12.1 Å². The molecule has 1 heterocycles. The fourth-order valence-electron chi connectivity index (χ4n) is 0.845. The molecule has 0 radical (unpaired) electrons. The molecule has 0 saturated carbocycles. The SMILES string of the molecule is CNc1ccc(C(=O)NCC(N)=O)nn1. The van der Waals surface area contributed by atoms with Gasteiger partial charge in [0.15, 0.2) is 5.69 Å². The number of nitrogens with one attached hydrogen (secondary N) is 2. The Kier molecular flexibility index (Phi) is 3.55. The number of hydrogen-bond acceptors (Lipinski definition) is 5. The van der Waals surface area contributed by atoms with Gasteiger partial charge in [-0.1, -0.05) is 0 Å². The number of primary amides is 1. The van der Waals surface area contributed by atoms with Crippen molar-refractivity contribution in [2.45, 2.75) is 0 Å². The maximum Gasteiger partial charge on any atom is 0.272 e. The van der Waals surface area contributed by atoms with Gasteiger partial charge < -0.3 is 16.4 Å². The Hall–Kier alpha value is -2.18. The van der Waals surface area contributed by atoms with Gasteiger partial charge in [-0.3, -0.25) is 9.59 Å². The van der Waals surface area contributed by atoms with Gasteiger partial charge in [0.05, 0.1) is 6.54 Å². The van der Waals surface area contributed by atoms with Gasteiger partial charge in [0.25, 0.3) is 5.91 Å². The van der Waals surface area contributed by atoms with E-state index in [9.17, 15) is 9.59 Å². The second kappa shape index (κ2) is 4.89. The van der Waals surface area contributed by atoms with E-state index in [-0.39, 0.29) is 12.2 Å². The molecule has 0 fully saturated rings. The summed E-state index contributed by atoms with van der Waals surface area (Å²) in [6, 6.07) is 3.10. The average Bonchev–Trinajstić information content (AvgIpc) is 2.26. The van der Waals surface area contributed by atoms with Crippen LogP contribution in [-0.4, -0.2) is 35.6 Å². The number of amides is 2. The summed E-state index contributed by atoms with van der Waals surface area (Å²) in [5.74, 6) is -0.534. The molecule has 80 valence electrons. The Morgan fingerprint density at radius 3 is 2.60 bits per heavy atom. The zero-order valence-electron chi connectivity index (χ0n) is 8.15. The summed E-state index contributed by atoms with van der Waals surface area (Å²) in [6.45, 7) is -0.214. The molecule has 0 atom stereocenters. The molecule has 0 bridgehead atoms. The molecule has 2 amide bonds. The van der Waals surface area contributed by atoms with Gasteiger partial charge in [-0.15, -0.1) is 10.2 Å². The highest BCUT2D eigenvalue weighted by atomic mass is 16.2. The second-order valence-corrected chi connectivity index (χ2v) is 2.70. The Bertz CT molecular complexity index is 362. The third-order valence-corrected chi connectivity index (χ3v) is 1.58. The van der Waals surface area contributed by atoms with Crippen molar-refractivity contribution in [3.05, 3.63) is 17.8 Å². The van der Waals surface area contributed by atoms with Gasteiger partial charge in [0, 0.05) is 7.05 Å². The van der Waals surface area contributed by atoms with E-state index in [2.05, 4.69) is 20.8 Å². The maximum absolute atomic E-state index is 11.3. The first kappa shape index (κ1) is 10.9. The quantitative estimate of drug-likeness (QED) is 0.573. The summed E-state index contributed by atoms with van der Waals surface area (Å²) in [5.41, 5.74) is 5.00. The van der Waals surface area contributed by atoms with Crippen LogP contribution in [0.2, 0.25) is 0 Å². The van der Waals surface area contributed by atoms with Gasteiger partial charge >= 0.3 is 0 Å². The third kappa shape index (κ3) is 3.22. The molecule has 7 heteroatoms. The molecule has 1 aromatic heterocycles. The molecule has 7 nitrogen and oxygen atoms in total. The average molecular weight is 209 g/mol. The van der Waals surface area contributed by atoms with Crippen LogP contribution >= 0.6 is 0 Å². The number of nitrogens with zero attached hydrogens (tertiary/aromatic N) is 2. The van der Waals surface area contributed by atoms with Crippen LogP contribution in [0.3, 0.4) is 0 Å². The summed E-state index contributed by atoms with van der Waals surface area (Å²) >= 11 is 0. The number of rotatable bonds is 4. The number of aromatic nitrogens is 2. The number of carbonyl (C=O) groups excluding carboxylic acids is 2. The van der Waals surface area contributed by atoms with Crippen LogP contribution in [0.1, 0.15) is 10.5 Å². The zero-order valence-corrected chi connectivity index (χ0v) is 8.15. The van der Waals surface area contributed by atoms with E-state index in [0.717, 1.165) is 0 Å². The normalized spacial score (nSPS) is 9.40. The van der Waals surface area contributed by atoms with Crippen molar-refractivity contribution in [1.29, 1.82) is 0 Å². The molecule has 0 unspecified atom stereocenters. The standard InChI is InChI=1S/C8H11N5O2/c1-10-7-3-2-5(12-13-7)8(15)11-4-6(9)14/h2-3H,4H2,1H3,(H2,9,14)(H,10,13)(H,11,15).